The molecule has 0 saturated heterocycles. The van der Waals surface area contributed by atoms with Gasteiger partial charge >= 0.3 is 5.97 Å². The van der Waals surface area contributed by atoms with E-state index < -0.39 is 17.9 Å². The largest absolute Gasteiger partial charge is 0.480 e. The summed E-state index contributed by atoms with van der Waals surface area (Å²) in [5.74, 6) is -0.750. The van der Waals surface area contributed by atoms with Crippen LogP contribution in [0.3, 0.4) is 0 Å². The molecule has 1 amide bonds. The van der Waals surface area contributed by atoms with Crippen molar-refractivity contribution < 1.29 is 19.2 Å². The second-order valence-electron chi connectivity index (χ2n) is 9.64. The van der Waals surface area contributed by atoms with Gasteiger partial charge in [-0.15, -0.1) is 0 Å². The van der Waals surface area contributed by atoms with Crippen molar-refractivity contribution in [3.8, 4) is 22.8 Å². The van der Waals surface area contributed by atoms with E-state index >= 15 is 0 Å². The van der Waals surface area contributed by atoms with Crippen LogP contribution in [0.25, 0.3) is 22.8 Å². The topological polar surface area (TPSA) is 131 Å². The van der Waals surface area contributed by atoms with Crippen LogP contribution < -0.4 is 11.1 Å². The van der Waals surface area contributed by atoms with E-state index in [1.54, 1.807) is 60.7 Å². The van der Waals surface area contributed by atoms with Gasteiger partial charge in [-0.1, -0.05) is 62.3 Å². The number of nitrogens with one attached hydrogen (secondary N) is 1. The molecule has 0 radical (unpaired) electrons. The lowest BCUT2D eigenvalue weighted by Gasteiger charge is -2.19. The number of anilines is 1. The molecule has 184 valence electrons. The van der Waals surface area contributed by atoms with E-state index in [4.69, 9.17) is 10.3 Å². The van der Waals surface area contributed by atoms with Crippen molar-refractivity contribution in [1.29, 1.82) is 0 Å². The van der Waals surface area contributed by atoms with E-state index in [1.807, 2.05) is 12.1 Å². The molecule has 8 nitrogen and oxygen atoms in total. The molecule has 0 fully saturated rings. The van der Waals surface area contributed by atoms with Gasteiger partial charge in [0.15, 0.2) is 0 Å². The van der Waals surface area contributed by atoms with Gasteiger partial charge < -0.3 is 20.7 Å². The molecule has 36 heavy (non-hydrogen) atoms. The molecule has 0 bridgehead atoms. The van der Waals surface area contributed by atoms with Crippen molar-refractivity contribution in [3.63, 3.8) is 0 Å². The minimum absolute atomic E-state index is 0.0378. The Hall–Kier alpha value is -4.46. The summed E-state index contributed by atoms with van der Waals surface area (Å²) < 4.78 is 5.36. The highest BCUT2D eigenvalue weighted by atomic mass is 16.5. The van der Waals surface area contributed by atoms with Crippen LogP contribution in [0.2, 0.25) is 0 Å². The fourth-order valence-corrected chi connectivity index (χ4v) is 3.67. The Bertz CT molecular complexity index is 1350. The average molecular weight is 485 g/mol. The Kier molecular flexibility index (Phi) is 6.87. The Labute approximate surface area is 209 Å². The lowest BCUT2D eigenvalue weighted by atomic mass is 9.86. The maximum Gasteiger partial charge on any atom is 0.326 e. The number of carboxylic acid groups (broad SMARTS) is 1. The third-order valence-electron chi connectivity index (χ3n) is 5.85. The third-order valence-corrected chi connectivity index (χ3v) is 5.85. The van der Waals surface area contributed by atoms with Crippen molar-refractivity contribution >= 4 is 17.6 Å². The Morgan fingerprint density at radius 3 is 2.14 bits per heavy atom. The monoisotopic (exact) mass is 484 g/mol. The van der Waals surface area contributed by atoms with Gasteiger partial charge in [-0.3, -0.25) is 4.79 Å². The van der Waals surface area contributed by atoms with Crippen molar-refractivity contribution in [2.75, 3.05) is 5.73 Å². The number of aromatic nitrogens is 2. The highest BCUT2D eigenvalue weighted by Crippen LogP contribution is 2.24. The van der Waals surface area contributed by atoms with Crippen molar-refractivity contribution in [2.45, 2.75) is 38.6 Å². The maximum atomic E-state index is 12.7. The van der Waals surface area contributed by atoms with E-state index in [0.717, 1.165) is 22.3 Å². The molecule has 4 rings (SSSR count). The summed E-state index contributed by atoms with van der Waals surface area (Å²) >= 11 is 0. The number of benzene rings is 3. The molecule has 0 saturated carbocycles. The summed E-state index contributed by atoms with van der Waals surface area (Å²) in [6.45, 7) is 6.27. The summed E-state index contributed by atoms with van der Waals surface area (Å²) in [4.78, 5) is 29.0. The predicted octanol–water partition coefficient (Wildman–Crippen LogP) is 4.71. The molecule has 0 aliphatic carbocycles. The quantitative estimate of drug-likeness (QED) is 0.324. The molecule has 0 aliphatic heterocycles. The second-order valence-corrected chi connectivity index (χ2v) is 9.64. The van der Waals surface area contributed by atoms with Crippen LogP contribution in [-0.2, 0) is 16.6 Å². The smallest absolute Gasteiger partial charge is 0.326 e. The van der Waals surface area contributed by atoms with Crippen molar-refractivity contribution in [2.24, 2.45) is 0 Å². The number of nitrogens with zero attached hydrogens (tertiary/aromatic N) is 2. The lowest BCUT2D eigenvalue weighted by Crippen LogP contribution is -2.42. The first-order valence-corrected chi connectivity index (χ1v) is 11.5. The zero-order chi connectivity index (χ0) is 25.9. The lowest BCUT2D eigenvalue weighted by molar-refractivity contribution is -0.139. The number of nitrogen functional groups attached to an aromatic ring is 1. The molecule has 0 spiro atoms. The number of amides is 1. The van der Waals surface area contributed by atoms with E-state index in [-0.39, 0.29) is 11.8 Å². The molecular weight excluding hydrogens is 456 g/mol. The summed E-state index contributed by atoms with van der Waals surface area (Å²) in [5, 5.41) is 16.3. The van der Waals surface area contributed by atoms with Gasteiger partial charge in [0, 0.05) is 28.8 Å². The molecule has 1 atom stereocenters. The Morgan fingerprint density at radius 2 is 1.56 bits per heavy atom. The van der Waals surface area contributed by atoms with Crippen LogP contribution in [0, 0.1) is 0 Å². The normalized spacial score (nSPS) is 12.2. The summed E-state index contributed by atoms with van der Waals surface area (Å²) in [7, 11) is 0. The summed E-state index contributed by atoms with van der Waals surface area (Å²) in [6.07, 6.45) is 0.129. The first kappa shape index (κ1) is 24.7. The second kappa shape index (κ2) is 10.0. The zero-order valence-electron chi connectivity index (χ0n) is 20.4. The number of aliphatic carboxylic acids is 1. The molecular formula is C28H28N4O4. The van der Waals surface area contributed by atoms with E-state index in [0.29, 0.717) is 23.0 Å². The highest BCUT2D eigenvalue weighted by Gasteiger charge is 2.22. The molecule has 1 aromatic heterocycles. The Morgan fingerprint density at radius 1 is 0.944 bits per heavy atom. The van der Waals surface area contributed by atoms with Crippen LogP contribution in [-0.4, -0.2) is 33.2 Å². The van der Waals surface area contributed by atoms with Gasteiger partial charge in [0.1, 0.15) is 6.04 Å². The number of hydrogen-bond acceptors (Lipinski definition) is 6. The number of nitrogens with two attached hydrogens (primary N) is 1. The van der Waals surface area contributed by atoms with Crippen molar-refractivity contribution in [3.05, 3.63) is 89.5 Å². The van der Waals surface area contributed by atoms with Gasteiger partial charge in [-0.2, -0.15) is 4.98 Å². The minimum Gasteiger partial charge on any atom is -0.480 e. The number of hydrogen-bond donors (Lipinski definition) is 3. The van der Waals surface area contributed by atoms with Crippen molar-refractivity contribution in [1.82, 2.24) is 15.5 Å². The fraction of sp³-hybridized carbons (Fsp3) is 0.214. The number of carbonyl (C=O) groups excluding carboxylic acids is 1. The highest BCUT2D eigenvalue weighted by molar-refractivity contribution is 5.96. The van der Waals surface area contributed by atoms with E-state index in [9.17, 15) is 14.7 Å². The standard InChI is InChI=1S/C28H28N4O4/c1-28(2,3)21-12-8-19(9-13-21)25(33)30-23(27(34)35)16-17-4-6-18(7-5-17)24-31-26(36-32-24)20-10-14-22(29)15-11-20/h4-15,23H,16,29H2,1-3H3,(H,30,33)(H,34,35)/t23-/m0/s1. The van der Waals surface area contributed by atoms with Gasteiger partial charge in [-0.05, 0) is 52.9 Å². The number of carbonyl (C=O) groups is 2. The van der Waals surface area contributed by atoms with Crippen LogP contribution in [0.5, 0.6) is 0 Å². The molecule has 8 heteroatoms. The zero-order valence-corrected chi connectivity index (χ0v) is 20.4. The van der Waals surface area contributed by atoms with Gasteiger partial charge in [0.25, 0.3) is 11.8 Å². The molecule has 0 aliphatic rings. The number of carboxylic acids is 1. The van der Waals surface area contributed by atoms with E-state index in [2.05, 4.69) is 36.2 Å². The summed E-state index contributed by atoms with van der Waals surface area (Å²) in [6, 6.07) is 20.4. The molecule has 0 unspecified atom stereocenters. The average Bonchev–Trinajstić information content (AvgIpc) is 3.34. The van der Waals surface area contributed by atoms with E-state index in [1.165, 1.54) is 0 Å². The van der Waals surface area contributed by atoms with Gasteiger partial charge in [-0.25, -0.2) is 4.79 Å². The molecule has 4 aromatic rings. The molecule has 4 N–H and O–H groups in total. The Balaban J connectivity index is 1.43. The predicted molar refractivity (Wildman–Crippen MR) is 137 cm³/mol. The fourth-order valence-electron chi connectivity index (χ4n) is 3.67. The molecule has 3 aromatic carbocycles. The number of rotatable bonds is 7. The van der Waals surface area contributed by atoms with Gasteiger partial charge in [0.05, 0.1) is 0 Å². The van der Waals surface area contributed by atoms with Crippen LogP contribution in [0.1, 0.15) is 42.3 Å². The van der Waals surface area contributed by atoms with Gasteiger partial charge in [0.2, 0.25) is 5.82 Å². The molecule has 1 heterocycles. The van der Waals surface area contributed by atoms with Crippen LogP contribution in [0.15, 0.2) is 77.3 Å². The van der Waals surface area contributed by atoms with Crippen LogP contribution in [0.4, 0.5) is 5.69 Å². The maximum absolute atomic E-state index is 12.7. The summed E-state index contributed by atoms with van der Waals surface area (Å²) in [5.41, 5.74) is 10.1. The SMILES string of the molecule is CC(C)(C)c1ccc(C(=O)N[C@@H](Cc2ccc(-c3noc(-c4ccc(N)cc4)n3)cc2)C(=O)O)cc1. The first-order chi connectivity index (χ1) is 17.1. The first-order valence-electron chi connectivity index (χ1n) is 11.5. The third kappa shape index (κ3) is 5.78. The minimum atomic E-state index is -1.11. The van der Waals surface area contributed by atoms with Crippen LogP contribution >= 0.6 is 0 Å².